The molecule has 2 aliphatic heterocycles. The van der Waals surface area contributed by atoms with E-state index in [0.717, 1.165) is 49.5 Å². The molecule has 2 fully saturated rings. The fourth-order valence-electron chi connectivity index (χ4n) is 4.91. The number of aromatic nitrogens is 2. The van der Waals surface area contributed by atoms with E-state index in [1.807, 2.05) is 6.92 Å². The summed E-state index contributed by atoms with van der Waals surface area (Å²) in [6.07, 6.45) is 6.54. The quantitative estimate of drug-likeness (QED) is 0.668. The smallest absolute Gasteiger partial charge is 0.331 e. The molecule has 3 heterocycles. The van der Waals surface area contributed by atoms with Crippen LogP contribution in [0.15, 0.2) is 32.7 Å². The highest BCUT2D eigenvalue weighted by atomic mass is 32.2. The molecule has 1 amide bonds. The van der Waals surface area contributed by atoms with Gasteiger partial charge in [-0.15, -0.1) is 0 Å². The van der Waals surface area contributed by atoms with Gasteiger partial charge < -0.3 is 4.90 Å². The number of rotatable bonds is 4. The Morgan fingerprint density at radius 3 is 2.33 bits per heavy atom. The normalized spacial score (nSPS) is 20.7. The molecule has 1 aromatic carbocycles. The molecule has 0 bridgehead atoms. The van der Waals surface area contributed by atoms with Crippen molar-refractivity contribution in [2.24, 2.45) is 7.05 Å². The van der Waals surface area contributed by atoms with Gasteiger partial charge in [-0.05, 0) is 50.8 Å². The second kappa shape index (κ2) is 9.42. The van der Waals surface area contributed by atoms with Crippen LogP contribution in [0.4, 0.5) is 0 Å². The summed E-state index contributed by atoms with van der Waals surface area (Å²) in [4.78, 5) is 40.8. The molecule has 0 unspecified atom stereocenters. The van der Waals surface area contributed by atoms with Crippen LogP contribution in [0.25, 0.3) is 10.9 Å². The van der Waals surface area contributed by atoms with E-state index in [-0.39, 0.29) is 28.8 Å². The highest BCUT2D eigenvalue weighted by Crippen LogP contribution is 2.26. The van der Waals surface area contributed by atoms with Crippen LogP contribution in [0, 0.1) is 0 Å². The third-order valence-electron chi connectivity index (χ3n) is 6.92. The van der Waals surface area contributed by atoms with Crippen molar-refractivity contribution in [3.05, 3.63) is 39.0 Å². The Hall–Kier alpha value is -2.46. The van der Waals surface area contributed by atoms with Crippen LogP contribution in [-0.2, 0) is 28.4 Å². The molecule has 10 heteroatoms. The van der Waals surface area contributed by atoms with Gasteiger partial charge in [-0.25, -0.2) is 13.2 Å². The molecule has 1 atom stereocenters. The number of amides is 1. The summed E-state index contributed by atoms with van der Waals surface area (Å²) in [6, 6.07) is 4.19. The lowest BCUT2D eigenvalue weighted by Gasteiger charge is -2.32. The SMILES string of the molecule is C[C@@H]1CCCCN1S(=O)(=O)c1ccc2c(c1)c(=O)n(CC(=O)N1CCCCCC1)c(=O)n2C. The maximum absolute atomic E-state index is 13.3. The minimum atomic E-state index is -3.78. The van der Waals surface area contributed by atoms with E-state index in [1.54, 1.807) is 4.90 Å². The second-order valence-electron chi connectivity index (χ2n) is 9.17. The number of fused-ring (bicyclic) bond motifs is 1. The van der Waals surface area contributed by atoms with Crippen molar-refractivity contribution in [1.82, 2.24) is 18.3 Å². The predicted molar refractivity (Wildman–Crippen MR) is 126 cm³/mol. The first-order valence-corrected chi connectivity index (χ1v) is 13.2. The fourth-order valence-corrected chi connectivity index (χ4v) is 6.64. The lowest BCUT2D eigenvalue weighted by Crippen LogP contribution is -2.45. The van der Waals surface area contributed by atoms with Gasteiger partial charge in [0.05, 0.1) is 15.8 Å². The van der Waals surface area contributed by atoms with Crippen LogP contribution in [0.5, 0.6) is 0 Å². The van der Waals surface area contributed by atoms with Gasteiger partial charge in [0.25, 0.3) is 5.56 Å². The molecule has 33 heavy (non-hydrogen) atoms. The third-order valence-corrected chi connectivity index (χ3v) is 8.93. The van der Waals surface area contributed by atoms with Gasteiger partial charge in [-0.1, -0.05) is 19.3 Å². The number of aryl methyl sites for hydroxylation is 1. The van der Waals surface area contributed by atoms with Crippen LogP contribution in [0.3, 0.4) is 0 Å². The van der Waals surface area contributed by atoms with Crippen LogP contribution in [-0.4, -0.2) is 58.3 Å². The minimum absolute atomic E-state index is 0.0323. The zero-order chi connectivity index (χ0) is 23.8. The maximum atomic E-state index is 13.3. The van der Waals surface area contributed by atoms with E-state index >= 15 is 0 Å². The van der Waals surface area contributed by atoms with E-state index in [1.165, 1.54) is 34.1 Å². The molecule has 1 aromatic heterocycles. The van der Waals surface area contributed by atoms with E-state index in [4.69, 9.17) is 0 Å². The number of hydrogen-bond acceptors (Lipinski definition) is 5. The van der Waals surface area contributed by atoms with Crippen LogP contribution in [0.1, 0.15) is 51.9 Å². The average molecular weight is 477 g/mol. The molecule has 9 nitrogen and oxygen atoms in total. The van der Waals surface area contributed by atoms with E-state index in [9.17, 15) is 22.8 Å². The lowest BCUT2D eigenvalue weighted by molar-refractivity contribution is -0.131. The largest absolute Gasteiger partial charge is 0.341 e. The number of nitrogens with zero attached hydrogens (tertiary/aromatic N) is 4. The fraction of sp³-hybridized carbons (Fsp3) is 0.609. The van der Waals surface area contributed by atoms with Gasteiger partial charge in [0, 0.05) is 32.7 Å². The molecule has 4 rings (SSSR count). The van der Waals surface area contributed by atoms with Crippen molar-refractivity contribution in [2.45, 2.75) is 69.4 Å². The number of sulfonamides is 1. The van der Waals surface area contributed by atoms with Gasteiger partial charge in [-0.2, -0.15) is 4.31 Å². The van der Waals surface area contributed by atoms with E-state index in [2.05, 4.69) is 0 Å². The van der Waals surface area contributed by atoms with Crippen molar-refractivity contribution in [2.75, 3.05) is 19.6 Å². The van der Waals surface area contributed by atoms with Gasteiger partial charge in [-0.3, -0.25) is 18.7 Å². The Balaban J connectivity index is 1.75. The average Bonchev–Trinajstić information content (AvgIpc) is 3.10. The molecular formula is C23H32N4O5S. The minimum Gasteiger partial charge on any atom is -0.341 e. The number of carbonyl (C=O) groups is 1. The Bertz CT molecular complexity index is 1270. The first kappa shape index (κ1) is 23.7. The second-order valence-corrected chi connectivity index (χ2v) is 11.1. The summed E-state index contributed by atoms with van der Waals surface area (Å²) in [5, 5.41) is 0.117. The van der Waals surface area contributed by atoms with Crippen LogP contribution in [0.2, 0.25) is 0 Å². The molecule has 0 radical (unpaired) electrons. The summed E-state index contributed by atoms with van der Waals surface area (Å²) in [5.74, 6) is -0.263. The summed E-state index contributed by atoms with van der Waals surface area (Å²) in [7, 11) is -2.25. The Kier molecular flexibility index (Phi) is 6.76. The molecule has 0 spiro atoms. The third kappa shape index (κ3) is 4.50. The number of likely N-dealkylation sites (tertiary alicyclic amines) is 1. The molecule has 0 N–H and O–H groups in total. The highest BCUT2D eigenvalue weighted by molar-refractivity contribution is 7.89. The number of hydrogen-bond donors (Lipinski definition) is 0. The van der Waals surface area contributed by atoms with Gasteiger partial charge in [0.1, 0.15) is 6.54 Å². The zero-order valence-corrected chi connectivity index (χ0v) is 20.1. The molecule has 2 aromatic rings. The Labute approximate surface area is 193 Å². The lowest BCUT2D eigenvalue weighted by atomic mass is 10.1. The first-order valence-electron chi connectivity index (χ1n) is 11.7. The monoisotopic (exact) mass is 476 g/mol. The zero-order valence-electron chi connectivity index (χ0n) is 19.3. The van der Waals surface area contributed by atoms with Crippen molar-refractivity contribution in [1.29, 1.82) is 0 Å². The van der Waals surface area contributed by atoms with Crippen molar-refractivity contribution < 1.29 is 13.2 Å². The Morgan fingerprint density at radius 1 is 1.00 bits per heavy atom. The maximum Gasteiger partial charge on any atom is 0.331 e. The van der Waals surface area contributed by atoms with Crippen LogP contribution < -0.4 is 11.2 Å². The predicted octanol–water partition coefficient (Wildman–Crippen LogP) is 1.67. The number of benzene rings is 1. The van der Waals surface area contributed by atoms with Crippen molar-refractivity contribution in [3.8, 4) is 0 Å². The number of carbonyl (C=O) groups excluding carboxylic acids is 1. The molecule has 2 saturated heterocycles. The molecular weight excluding hydrogens is 444 g/mol. The highest BCUT2D eigenvalue weighted by Gasteiger charge is 2.31. The van der Waals surface area contributed by atoms with Gasteiger partial charge in [0.15, 0.2) is 0 Å². The van der Waals surface area contributed by atoms with Crippen molar-refractivity contribution >= 4 is 26.8 Å². The summed E-state index contributed by atoms with van der Waals surface area (Å²) in [5.41, 5.74) is -0.884. The summed E-state index contributed by atoms with van der Waals surface area (Å²) < 4.78 is 30.3. The molecule has 180 valence electrons. The molecule has 2 aliphatic rings. The van der Waals surface area contributed by atoms with E-state index in [0.29, 0.717) is 25.2 Å². The molecule has 0 saturated carbocycles. The number of piperidine rings is 1. The van der Waals surface area contributed by atoms with Gasteiger partial charge in [0.2, 0.25) is 15.9 Å². The van der Waals surface area contributed by atoms with Gasteiger partial charge >= 0.3 is 5.69 Å². The van der Waals surface area contributed by atoms with E-state index < -0.39 is 21.3 Å². The first-order chi connectivity index (χ1) is 15.7. The molecule has 0 aliphatic carbocycles. The van der Waals surface area contributed by atoms with Crippen molar-refractivity contribution in [3.63, 3.8) is 0 Å². The standard InChI is InChI=1S/C23H32N4O5S/c1-17-9-5-8-14-27(17)33(31,32)18-10-11-20-19(15-18)22(29)26(23(30)24(20)2)16-21(28)25-12-6-3-4-7-13-25/h10-11,15,17H,3-9,12-14,16H2,1-2H3/t17-/m1/s1. The summed E-state index contributed by atoms with van der Waals surface area (Å²) >= 11 is 0. The summed E-state index contributed by atoms with van der Waals surface area (Å²) in [6.45, 7) is 3.24. The topological polar surface area (TPSA) is 102 Å². The Morgan fingerprint density at radius 2 is 1.67 bits per heavy atom. The van der Waals surface area contributed by atoms with Crippen LogP contribution >= 0.6 is 0 Å².